The fourth-order valence-electron chi connectivity index (χ4n) is 2.43. The molecule has 124 valence electrons. The van der Waals surface area contributed by atoms with Gasteiger partial charge < -0.3 is 5.11 Å². The molecule has 0 radical (unpaired) electrons. The van der Waals surface area contributed by atoms with Gasteiger partial charge in [0.2, 0.25) is 0 Å². The zero-order valence-corrected chi connectivity index (χ0v) is 13.8. The van der Waals surface area contributed by atoms with Gasteiger partial charge in [-0.15, -0.1) is 0 Å². The van der Waals surface area contributed by atoms with E-state index >= 15 is 0 Å². The predicted octanol–water partition coefficient (Wildman–Crippen LogP) is 4.36. The molecule has 1 amide bonds. The molecule has 0 atom stereocenters. The number of hydrazone groups is 1. The second kappa shape index (κ2) is 7.45. The summed E-state index contributed by atoms with van der Waals surface area (Å²) in [6, 6.07) is 20.6. The van der Waals surface area contributed by atoms with E-state index in [2.05, 4.69) is 10.5 Å². The van der Waals surface area contributed by atoms with Crippen LogP contribution >= 0.6 is 0 Å². The number of nitrogens with zero attached hydrogens (tertiary/aromatic N) is 1. The SMILES string of the molecule is CC(/C=C/c1ccccc1)=N\NC(=O)c1cc2ccccc2cc1O. The van der Waals surface area contributed by atoms with Crippen molar-refractivity contribution in [2.24, 2.45) is 5.10 Å². The van der Waals surface area contributed by atoms with E-state index in [0.29, 0.717) is 5.71 Å². The van der Waals surface area contributed by atoms with Crippen molar-refractivity contribution in [1.82, 2.24) is 5.43 Å². The van der Waals surface area contributed by atoms with Gasteiger partial charge >= 0.3 is 0 Å². The molecule has 0 spiro atoms. The van der Waals surface area contributed by atoms with Crippen molar-refractivity contribution >= 4 is 28.5 Å². The van der Waals surface area contributed by atoms with Crippen molar-refractivity contribution in [3.8, 4) is 5.75 Å². The number of fused-ring (bicyclic) bond motifs is 1. The largest absolute Gasteiger partial charge is 0.507 e. The number of phenols is 1. The fourth-order valence-corrected chi connectivity index (χ4v) is 2.43. The Hall–Kier alpha value is -3.40. The van der Waals surface area contributed by atoms with E-state index in [1.165, 1.54) is 0 Å². The van der Waals surface area contributed by atoms with Gasteiger partial charge in [-0.2, -0.15) is 5.10 Å². The van der Waals surface area contributed by atoms with Crippen LogP contribution in [0.2, 0.25) is 0 Å². The maximum Gasteiger partial charge on any atom is 0.275 e. The Kier molecular flexibility index (Phi) is 4.90. The molecule has 3 aromatic carbocycles. The minimum atomic E-state index is -0.448. The molecule has 0 saturated carbocycles. The van der Waals surface area contributed by atoms with Gasteiger partial charge in [-0.3, -0.25) is 4.79 Å². The summed E-state index contributed by atoms with van der Waals surface area (Å²) in [6.07, 6.45) is 3.73. The van der Waals surface area contributed by atoms with E-state index in [-0.39, 0.29) is 11.3 Å². The number of carbonyl (C=O) groups is 1. The zero-order chi connectivity index (χ0) is 17.6. The lowest BCUT2D eigenvalue weighted by atomic mass is 10.1. The molecule has 0 saturated heterocycles. The molecule has 3 rings (SSSR count). The molecule has 0 aliphatic rings. The predicted molar refractivity (Wildman–Crippen MR) is 102 cm³/mol. The number of rotatable bonds is 4. The van der Waals surface area contributed by atoms with E-state index in [0.717, 1.165) is 16.3 Å². The highest BCUT2D eigenvalue weighted by molar-refractivity contribution is 6.03. The number of amides is 1. The highest BCUT2D eigenvalue weighted by Crippen LogP contribution is 2.24. The molecule has 4 heteroatoms. The van der Waals surface area contributed by atoms with Crippen LogP contribution in [-0.4, -0.2) is 16.7 Å². The number of carbonyl (C=O) groups excluding carboxylic acids is 1. The normalized spacial score (nSPS) is 11.8. The van der Waals surface area contributed by atoms with Crippen LogP contribution in [0.25, 0.3) is 16.8 Å². The van der Waals surface area contributed by atoms with Crippen LogP contribution in [0, 0.1) is 0 Å². The Bertz CT molecular complexity index is 960. The van der Waals surface area contributed by atoms with Crippen LogP contribution in [0.1, 0.15) is 22.8 Å². The monoisotopic (exact) mass is 330 g/mol. The van der Waals surface area contributed by atoms with Crippen molar-refractivity contribution in [3.05, 3.63) is 83.9 Å². The van der Waals surface area contributed by atoms with Gasteiger partial charge in [-0.25, -0.2) is 5.43 Å². The molecule has 4 nitrogen and oxygen atoms in total. The van der Waals surface area contributed by atoms with Gasteiger partial charge in [-0.05, 0) is 41.5 Å². The molecule has 25 heavy (non-hydrogen) atoms. The lowest BCUT2D eigenvalue weighted by molar-refractivity contribution is 0.0952. The minimum absolute atomic E-state index is 0.0659. The van der Waals surface area contributed by atoms with Gasteiger partial charge in [0.25, 0.3) is 5.91 Å². The van der Waals surface area contributed by atoms with Crippen molar-refractivity contribution in [1.29, 1.82) is 0 Å². The Labute approximate surface area is 146 Å². The first-order valence-corrected chi connectivity index (χ1v) is 7.93. The smallest absolute Gasteiger partial charge is 0.275 e. The van der Waals surface area contributed by atoms with Crippen LogP contribution in [0.3, 0.4) is 0 Å². The van der Waals surface area contributed by atoms with Crippen LogP contribution < -0.4 is 5.43 Å². The summed E-state index contributed by atoms with van der Waals surface area (Å²) in [5.74, 6) is -0.514. The molecular weight excluding hydrogens is 312 g/mol. The Morgan fingerprint density at radius 3 is 2.36 bits per heavy atom. The second-order valence-corrected chi connectivity index (χ2v) is 5.65. The zero-order valence-electron chi connectivity index (χ0n) is 13.8. The number of nitrogens with one attached hydrogen (secondary N) is 1. The molecule has 3 aromatic rings. The first-order chi connectivity index (χ1) is 12.1. The van der Waals surface area contributed by atoms with Gasteiger partial charge in [0, 0.05) is 0 Å². The number of phenolic OH excluding ortho intramolecular Hbond substituents is 1. The number of aromatic hydroxyl groups is 1. The maximum absolute atomic E-state index is 12.3. The van der Waals surface area contributed by atoms with Crippen molar-refractivity contribution in [3.63, 3.8) is 0 Å². The third-order valence-electron chi connectivity index (χ3n) is 3.76. The molecule has 0 aliphatic carbocycles. The topological polar surface area (TPSA) is 61.7 Å². The fraction of sp³-hybridized carbons (Fsp3) is 0.0476. The van der Waals surface area contributed by atoms with E-state index < -0.39 is 5.91 Å². The van der Waals surface area contributed by atoms with Gasteiger partial charge in [0.15, 0.2) is 0 Å². The lowest BCUT2D eigenvalue weighted by Crippen LogP contribution is -2.18. The molecule has 0 unspecified atom stereocenters. The van der Waals surface area contributed by atoms with Crippen LogP contribution in [-0.2, 0) is 0 Å². The Morgan fingerprint density at radius 2 is 1.64 bits per heavy atom. The lowest BCUT2D eigenvalue weighted by Gasteiger charge is -2.06. The minimum Gasteiger partial charge on any atom is -0.507 e. The molecule has 2 N–H and O–H groups in total. The molecule has 0 aliphatic heterocycles. The van der Waals surface area contributed by atoms with Crippen molar-refractivity contribution in [2.75, 3.05) is 0 Å². The first kappa shape index (κ1) is 16.5. The Morgan fingerprint density at radius 1 is 1.00 bits per heavy atom. The third-order valence-corrected chi connectivity index (χ3v) is 3.76. The summed E-state index contributed by atoms with van der Waals surface area (Å²) in [4.78, 5) is 12.3. The number of benzene rings is 3. The summed E-state index contributed by atoms with van der Waals surface area (Å²) in [5.41, 5.74) is 4.38. The summed E-state index contributed by atoms with van der Waals surface area (Å²) in [6.45, 7) is 1.79. The van der Waals surface area contributed by atoms with E-state index in [1.54, 1.807) is 19.1 Å². The summed E-state index contributed by atoms with van der Waals surface area (Å²) in [7, 11) is 0. The average Bonchev–Trinajstić information content (AvgIpc) is 2.64. The summed E-state index contributed by atoms with van der Waals surface area (Å²) < 4.78 is 0. The first-order valence-electron chi connectivity index (χ1n) is 7.93. The molecular formula is C21H18N2O2. The number of allylic oxidation sites excluding steroid dienone is 1. The third kappa shape index (κ3) is 4.12. The molecule has 0 heterocycles. The summed E-state index contributed by atoms with van der Waals surface area (Å²) in [5, 5.41) is 15.9. The van der Waals surface area contributed by atoms with Gasteiger partial charge in [0.1, 0.15) is 5.75 Å². The van der Waals surface area contributed by atoms with Crippen LogP contribution in [0.5, 0.6) is 5.75 Å². The summed E-state index contributed by atoms with van der Waals surface area (Å²) >= 11 is 0. The van der Waals surface area contributed by atoms with E-state index in [4.69, 9.17) is 0 Å². The quantitative estimate of drug-likeness (QED) is 0.551. The van der Waals surface area contributed by atoms with Gasteiger partial charge in [0.05, 0.1) is 11.3 Å². The second-order valence-electron chi connectivity index (χ2n) is 5.65. The highest BCUT2D eigenvalue weighted by atomic mass is 16.3. The van der Waals surface area contributed by atoms with Crippen LogP contribution in [0.15, 0.2) is 77.9 Å². The number of hydrogen-bond donors (Lipinski definition) is 2. The maximum atomic E-state index is 12.3. The van der Waals surface area contributed by atoms with E-state index in [1.807, 2.05) is 66.7 Å². The van der Waals surface area contributed by atoms with E-state index in [9.17, 15) is 9.90 Å². The Balaban J connectivity index is 1.73. The number of hydrogen-bond acceptors (Lipinski definition) is 3. The molecule has 0 fully saturated rings. The van der Waals surface area contributed by atoms with Gasteiger partial charge in [-0.1, -0.05) is 60.7 Å². The highest BCUT2D eigenvalue weighted by Gasteiger charge is 2.11. The standard InChI is InChI=1S/C21H18N2O2/c1-15(11-12-16-7-3-2-4-8-16)22-23-21(25)19-13-17-9-5-6-10-18(17)14-20(19)24/h2-14,24H,1H3,(H,23,25)/b12-11+,22-15+. The molecule has 0 aromatic heterocycles. The van der Waals surface area contributed by atoms with Crippen LogP contribution in [0.4, 0.5) is 0 Å². The van der Waals surface area contributed by atoms with Crippen molar-refractivity contribution < 1.29 is 9.90 Å². The molecule has 0 bridgehead atoms. The average molecular weight is 330 g/mol. The van der Waals surface area contributed by atoms with Crippen molar-refractivity contribution in [2.45, 2.75) is 6.92 Å².